The van der Waals surface area contributed by atoms with Gasteiger partial charge < -0.3 is 0 Å². The molecular formula is C6H12ClN3O. The van der Waals surface area contributed by atoms with E-state index in [0.717, 1.165) is 25.9 Å². The summed E-state index contributed by atoms with van der Waals surface area (Å²) in [6.45, 7) is 1.84. The molecule has 0 radical (unpaired) electrons. The maximum absolute atomic E-state index is 10.7. The van der Waals surface area contributed by atoms with Crippen LogP contribution in [0.4, 0.5) is 4.79 Å². The Hall–Kier alpha value is -0.480. The van der Waals surface area contributed by atoms with Crippen LogP contribution < -0.4 is 10.3 Å². The van der Waals surface area contributed by atoms with Crippen molar-refractivity contribution in [1.82, 2.24) is 15.3 Å². The summed E-state index contributed by atoms with van der Waals surface area (Å²) in [5.74, 6) is 0. The van der Waals surface area contributed by atoms with Crippen LogP contribution in [0, 0.1) is 0 Å². The van der Waals surface area contributed by atoms with Gasteiger partial charge in [0.05, 0.1) is 0 Å². The second kappa shape index (κ2) is 4.41. The molecule has 0 spiro atoms. The zero-order valence-corrected chi connectivity index (χ0v) is 7.02. The number of hydrazine groups is 1. The van der Waals surface area contributed by atoms with Gasteiger partial charge in [0.25, 0.3) is 0 Å². The normalized spacial score (nSPS) is 19.4. The molecule has 0 aromatic carbocycles. The summed E-state index contributed by atoms with van der Waals surface area (Å²) >= 11 is 5.08. The van der Waals surface area contributed by atoms with Crippen LogP contribution in [0.15, 0.2) is 0 Å². The number of nitrogens with one attached hydrogen (secondary N) is 2. The van der Waals surface area contributed by atoms with Crippen molar-refractivity contribution >= 4 is 17.8 Å². The molecule has 1 saturated heterocycles. The Morgan fingerprint density at radius 3 is 2.45 bits per heavy atom. The second-order valence-electron chi connectivity index (χ2n) is 2.58. The topological polar surface area (TPSA) is 44.4 Å². The molecule has 4 nitrogen and oxygen atoms in total. The molecule has 64 valence electrons. The van der Waals surface area contributed by atoms with Gasteiger partial charge in [-0.2, -0.15) is 0 Å². The van der Waals surface area contributed by atoms with E-state index >= 15 is 0 Å². The molecule has 1 heterocycles. The van der Waals surface area contributed by atoms with Crippen molar-refractivity contribution in [2.45, 2.75) is 19.3 Å². The monoisotopic (exact) mass is 177 g/mol. The summed E-state index contributed by atoms with van der Waals surface area (Å²) < 4.78 is 0. The van der Waals surface area contributed by atoms with Crippen molar-refractivity contribution < 1.29 is 4.79 Å². The maximum atomic E-state index is 10.7. The first kappa shape index (κ1) is 8.62. The van der Waals surface area contributed by atoms with Gasteiger partial charge in [-0.15, -0.1) is 0 Å². The average Bonchev–Trinajstić information content (AvgIpc) is 2.06. The molecule has 0 atom stereocenters. The van der Waals surface area contributed by atoms with Crippen LogP contribution in [0.25, 0.3) is 0 Å². The summed E-state index contributed by atoms with van der Waals surface area (Å²) in [7, 11) is 0. The van der Waals surface area contributed by atoms with Gasteiger partial charge in [0.1, 0.15) is 0 Å². The highest BCUT2D eigenvalue weighted by Gasteiger charge is 2.11. The van der Waals surface area contributed by atoms with Gasteiger partial charge in [0, 0.05) is 24.9 Å². The van der Waals surface area contributed by atoms with E-state index in [1.165, 1.54) is 6.42 Å². The average molecular weight is 178 g/mol. The lowest BCUT2D eigenvalue weighted by atomic mass is 10.2. The van der Waals surface area contributed by atoms with Crippen LogP contribution in [0.5, 0.6) is 0 Å². The van der Waals surface area contributed by atoms with Gasteiger partial charge in [-0.05, 0) is 12.8 Å². The largest absolute Gasteiger partial charge is 0.343 e. The highest BCUT2D eigenvalue weighted by Crippen LogP contribution is 2.05. The van der Waals surface area contributed by atoms with Gasteiger partial charge in [0.2, 0.25) is 0 Å². The molecule has 1 fully saturated rings. The van der Waals surface area contributed by atoms with Crippen LogP contribution in [0.2, 0.25) is 0 Å². The number of hydrogen-bond donors (Lipinski definition) is 2. The number of halogens is 1. The number of urea groups is 1. The van der Waals surface area contributed by atoms with Crippen molar-refractivity contribution in [3.63, 3.8) is 0 Å². The van der Waals surface area contributed by atoms with Crippen LogP contribution in [0.3, 0.4) is 0 Å². The van der Waals surface area contributed by atoms with Crippen LogP contribution in [0.1, 0.15) is 19.3 Å². The van der Waals surface area contributed by atoms with Crippen molar-refractivity contribution in [1.29, 1.82) is 0 Å². The first-order valence-corrected chi connectivity index (χ1v) is 4.13. The van der Waals surface area contributed by atoms with Gasteiger partial charge in [0.15, 0.2) is 0 Å². The maximum Gasteiger partial charge on any atom is 0.343 e. The Kier molecular flexibility index (Phi) is 3.45. The molecule has 1 rings (SSSR count). The fraction of sp³-hybridized carbons (Fsp3) is 0.833. The lowest BCUT2D eigenvalue weighted by molar-refractivity contribution is 0.158. The van der Waals surface area contributed by atoms with Crippen molar-refractivity contribution in [3.8, 4) is 0 Å². The quantitative estimate of drug-likeness (QED) is 0.583. The lowest BCUT2D eigenvalue weighted by Gasteiger charge is -2.25. The number of carbonyl (C=O) groups excluding carboxylic acids is 1. The molecule has 2 amide bonds. The first-order valence-electron chi connectivity index (χ1n) is 3.75. The predicted octanol–water partition coefficient (Wildman–Crippen LogP) is 0.840. The molecule has 0 aromatic rings. The first-order chi connectivity index (χ1) is 5.33. The molecule has 0 saturated carbocycles. The summed E-state index contributed by atoms with van der Waals surface area (Å²) in [6.07, 6.45) is 3.53. The van der Waals surface area contributed by atoms with Gasteiger partial charge >= 0.3 is 6.03 Å². The predicted molar refractivity (Wildman–Crippen MR) is 42.9 cm³/mol. The number of hydrogen-bond acceptors (Lipinski definition) is 2. The highest BCUT2D eigenvalue weighted by molar-refractivity contribution is 6.21. The number of carbonyl (C=O) groups is 1. The zero-order valence-electron chi connectivity index (χ0n) is 6.27. The fourth-order valence-corrected chi connectivity index (χ4v) is 1.21. The molecule has 1 aliphatic rings. The van der Waals surface area contributed by atoms with Gasteiger partial charge in [-0.1, -0.05) is 6.42 Å². The Morgan fingerprint density at radius 1 is 1.27 bits per heavy atom. The molecule has 0 unspecified atom stereocenters. The molecule has 5 heteroatoms. The minimum Gasteiger partial charge on any atom is -0.270 e. The molecular weight excluding hydrogens is 166 g/mol. The van der Waals surface area contributed by atoms with Crippen molar-refractivity contribution in [2.24, 2.45) is 0 Å². The van der Waals surface area contributed by atoms with E-state index in [9.17, 15) is 4.79 Å². The molecule has 0 aromatic heterocycles. The Morgan fingerprint density at radius 2 is 1.91 bits per heavy atom. The summed E-state index contributed by atoms with van der Waals surface area (Å²) in [6, 6.07) is -0.353. The number of amides is 2. The third kappa shape index (κ3) is 2.95. The minimum absolute atomic E-state index is 0.353. The summed E-state index contributed by atoms with van der Waals surface area (Å²) in [4.78, 5) is 12.7. The van der Waals surface area contributed by atoms with E-state index in [-0.39, 0.29) is 6.03 Å². The highest BCUT2D eigenvalue weighted by atomic mass is 35.5. The van der Waals surface area contributed by atoms with Gasteiger partial charge in [-0.3, -0.25) is 5.43 Å². The Bertz CT molecular complexity index is 136. The van der Waals surface area contributed by atoms with E-state index < -0.39 is 0 Å². The van der Waals surface area contributed by atoms with Crippen LogP contribution >= 0.6 is 11.8 Å². The van der Waals surface area contributed by atoms with Crippen molar-refractivity contribution in [3.05, 3.63) is 0 Å². The van der Waals surface area contributed by atoms with E-state index in [1.807, 2.05) is 9.84 Å². The minimum atomic E-state index is -0.353. The third-order valence-electron chi connectivity index (χ3n) is 1.70. The Labute approximate surface area is 71.0 Å². The molecule has 2 N–H and O–H groups in total. The number of nitrogens with zero attached hydrogens (tertiary/aromatic N) is 1. The summed E-state index contributed by atoms with van der Waals surface area (Å²) in [5, 5.41) is 1.88. The second-order valence-corrected chi connectivity index (χ2v) is 2.77. The molecule has 1 aliphatic heterocycles. The SMILES string of the molecule is O=C(NCl)NN1CCCCC1. The summed E-state index contributed by atoms with van der Waals surface area (Å²) in [5.41, 5.74) is 2.62. The van der Waals surface area contributed by atoms with Crippen LogP contribution in [-0.2, 0) is 0 Å². The zero-order chi connectivity index (χ0) is 8.10. The number of rotatable bonds is 1. The molecule has 0 aliphatic carbocycles. The van der Waals surface area contributed by atoms with E-state index in [4.69, 9.17) is 11.8 Å². The third-order valence-corrected chi connectivity index (χ3v) is 1.87. The van der Waals surface area contributed by atoms with E-state index in [1.54, 1.807) is 0 Å². The van der Waals surface area contributed by atoms with E-state index in [0.29, 0.717) is 0 Å². The fourth-order valence-electron chi connectivity index (χ4n) is 1.17. The number of piperidine rings is 1. The van der Waals surface area contributed by atoms with E-state index in [2.05, 4.69) is 5.43 Å². The Balaban J connectivity index is 2.19. The standard InChI is InChI=1S/C6H12ClN3O/c7-8-6(11)9-10-4-2-1-3-5-10/h1-5H2,(H2,8,9,11). The lowest BCUT2D eigenvalue weighted by Crippen LogP contribution is -2.47. The van der Waals surface area contributed by atoms with Crippen LogP contribution in [-0.4, -0.2) is 24.1 Å². The molecule has 11 heavy (non-hydrogen) atoms. The smallest absolute Gasteiger partial charge is 0.270 e. The molecule has 0 bridgehead atoms. The van der Waals surface area contributed by atoms with Gasteiger partial charge in [-0.25, -0.2) is 14.6 Å². The van der Waals surface area contributed by atoms with Crippen molar-refractivity contribution in [2.75, 3.05) is 13.1 Å².